The van der Waals surface area contributed by atoms with Gasteiger partial charge in [-0.2, -0.15) is 4.31 Å². The highest BCUT2D eigenvalue weighted by atomic mass is 35.5. The van der Waals surface area contributed by atoms with Gasteiger partial charge in [0.05, 0.1) is 4.34 Å². The predicted molar refractivity (Wildman–Crippen MR) is 74.6 cm³/mol. The number of hydrogen-bond donors (Lipinski definition) is 1. The largest absolute Gasteiger partial charge is 0.328 e. The maximum atomic E-state index is 12.5. The standard InChI is InChI=1S/C11H17ClN2O2S2/c1-7-5-10(17-11(7)12)18(15,16)14-4-3-9(13)6-8(14)2/h5,8-9H,3-4,6,13H2,1-2H3. The van der Waals surface area contributed by atoms with Crippen LogP contribution in [0.5, 0.6) is 0 Å². The zero-order valence-corrected chi connectivity index (χ0v) is 12.8. The lowest BCUT2D eigenvalue weighted by Crippen LogP contribution is -2.48. The van der Waals surface area contributed by atoms with Crippen molar-refractivity contribution < 1.29 is 8.42 Å². The highest BCUT2D eigenvalue weighted by molar-refractivity contribution is 7.91. The van der Waals surface area contributed by atoms with Crippen molar-refractivity contribution in [1.29, 1.82) is 0 Å². The minimum Gasteiger partial charge on any atom is -0.328 e. The third-order valence-electron chi connectivity index (χ3n) is 3.25. The van der Waals surface area contributed by atoms with E-state index in [9.17, 15) is 8.42 Å². The van der Waals surface area contributed by atoms with E-state index in [-0.39, 0.29) is 12.1 Å². The predicted octanol–water partition coefficient (Wildman–Crippen LogP) is 2.21. The van der Waals surface area contributed by atoms with Gasteiger partial charge in [-0.15, -0.1) is 11.3 Å². The van der Waals surface area contributed by atoms with Gasteiger partial charge < -0.3 is 5.73 Å². The minimum absolute atomic E-state index is 0.0556. The number of nitrogens with two attached hydrogens (primary N) is 1. The number of sulfonamides is 1. The molecule has 18 heavy (non-hydrogen) atoms. The Morgan fingerprint density at radius 1 is 1.56 bits per heavy atom. The summed E-state index contributed by atoms with van der Waals surface area (Å²) < 4.78 is 27.4. The van der Waals surface area contributed by atoms with Crippen LogP contribution in [0.1, 0.15) is 25.3 Å². The van der Waals surface area contributed by atoms with E-state index in [1.807, 2.05) is 13.8 Å². The Morgan fingerprint density at radius 3 is 2.72 bits per heavy atom. The molecule has 1 saturated heterocycles. The van der Waals surface area contributed by atoms with E-state index in [4.69, 9.17) is 17.3 Å². The van der Waals surface area contributed by atoms with Gasteiger partial charge in [-0.25, -0.2) is 8.42 Å². The van der Waals surface area contributed by atoms with Gasteiger partial charge in [0, 0.05) is 18.6 Å². The zero-order chi connectivity index (χ0) is 13.5. The summed E-state index contributed by atoms with van der Waals surface area (Å²) in [4.78, 5) is 0. The van der Waals surface area contributed by atoms with E-state index in [1.54, 1.807) is 6.07 Å². The van der Waals surface area contributed by atoms with Gasteiger partial charge in [0.2, 0.25) is 0 Å². The first-order valence-electron chi connectivity index (χ1n) is 5.85. The van der Waals surface area contributed by atoms with Gasteiger partial charge in [-0.3, -0.25) is 0 Å². The first kappa shape index (κ1) is 14.3. The van der Waals surface area contributed by atoms with E-state index >= 15 is 0 Å². The van der Waals surface area contributed by atoms with Crippen LogP contribution < -0.4 is 5.73 Å². The molecule has 0 spiro atoms. The molecule has 2 N–H and O–H groups in total. The van der Waals surface area contributed by atoms with Crippen LogP contribution in [0.4, 0.5) is 0 Å². The Kier molecular flexibility index (Phi) is 4.04. The van der Waals surface area contributed by atoms with Crippen LogP contribution in [0.15, 0.2) is 10.3 Å². The lowest BCUT2D eigenvalue weighted by atomic mass is 10.0. The summed E-state index contributed by atoms with van der Waals surface area (Å²) in [5, 5.41) is 0. The Morgan fingerprint density at radius 2 is 2.22 bits per heavy atom. The first-order valence-corrected chi connectivity index (χ1v) is 8.49. The number of aryl methyl sites for hydroxylation is 1. The molecule has 0 aliphatic carbocycles. The van der Waals surface area contributed by atoms with E-state index in [2.05, 4.69) is 0 Å². The van der Waals surface area contributed by atoms with E-state index < -0.39 is 10.0 Å². The quantitative estimate of drug-likeness (QED) is 0.911. The van der Waals surface area contributed by atoms with Gasteiger partial charge in [0.25, 0.3) is 10.0 Å². The van der Waals surface area contributed by atoms with E-state index in [0.717, 1.165) is 16.9 Å². The molecule has 4 nitrogen and oxygen atoms in total. The van der Waals surface area contributed by atoms with Gasteiger partial charge in [0.15, 0.2) is 0 Å². The van der Waals surface area contributed by atoms with E-state index in [0.29, 0.717) is 27.9 Å². The van der Waals surface area contributed by atoms with Crippen molar-refractivity contribution in [2.45, 2.75) is 43.0 Å². The van der Waals surface area contributed by atoms with Crippen molar-refractivity contribution in [2.24, 2.45) is 5.73 Å². The monoisotopic (exact) mass is 308 g/mol. The smallest absolute Gasteiger partial charge is 0.252 e. The molecule has 7 heteroatoms. The van der Waals surface area contributed by atoms with Crippen molar-refractivity contribution in [3.63, 3.8) is 0 Å². The van der Waals surface area contributed by atoms with Crippen LogP contribution >= 0.6 is 22.9 Å². The Labute approximate surface area is 117 Å². The molecule has 2 heterocycles. The second-order valence-corrected chi connectivity index (χ2v) is 8.54. The Hall–Kier alpha value is -0.140. The SMILES string of the molecule is Cc1cc(S(=O)(=O)N2CCC(N)CC2C)sc1Cl. The average molecular weight is 309 g/mol. The summed E-state index contributed by atoms with van der Waals surface area (Å²) in [5.41, 5.74) is 6.66. The fourth-order valence-electron chi connectivity index (χ4n) is 2.22. The molecule has 0 bridgehead atoms. The summed E-state index contributed by atoms with van der Waals surface area (Å²) in [7, 11) is -3.42. The number of thiophene rings is 1. The van der Waals surface area contributed by atoms with Gasteiger partial charge in [-0.1, -0.05) is 11.6 Å². The zero-order valence-electron chi connectivity index (χ0n) is 10.4. The van der Waals surface area contributed by atoms with Crippen molar-refractivity contribution in [1.82, 2.24) is 4.31 Å². The summed E-state index contributed by atoms with van der Waals surface area (Å²) >= 11 is 7.07. The normalized spacial score (nSPS) is 26.4. The second-order valence-electron chi connectivity index (χ2n) is 4.77. The third kappa shape index (κ3) is 2.58. The van der Waals surface area contributed by atoms with Crippen molar-refractivity contribution in [3.8, 4) is 0 Å². The van der Waals surface area contributed by atoms with Gasteiger partial charge in [0.1, 0.15) is 4.21 Å². The maximum Gasteiger partial charge on any atom is 0.252 e. The molecular formula is C11H17ClN2O2S2. The number of hydrogen-bond acceptors (Lipinski definition) is 4. The maximum absolute atomic E-state index is 12.5. The third-order valence-corrected chi connectivity index (χ3v) is 7.27. The van der Waals surface area contributed by atoms with Crippen LogP contribution in [-0.4, -0.2) is 31.4 Å². The Bertz CT molecular complexity index is 522. The van der Waals surface area contributed by atoms with Crippen molar-refractivity contribution in [3.05, 3.63) is 16.0 Å². The van der Waals surface area contributed by atoms with Crippen LogP contribution in [-0.2, 0) is 10.0 Å². The number of rotatable bonds is 2. The molecular weight excluding hydrogens is 292 g/mol. The highest BCUT2D eigenvalue weighted by Crippen LogP contribution is 2.34. The molecule has 2 unspecified atom stereocenters. The number of piperidine rings is 1. The number of halogens is 1. The van der Waals surface area contributed by atoms with Crippen molar-refractivity contribution >= 4 is 33.0 Å². The molecule has 0 radical (unpaired) electrons. The fraction of sp³-hybridized carbons (Fsp3) is 0.636. The Balaban J connectivity index is 2.31. The molecule has 2 rings (SSSR count). The van der Waals surface area contributed by atoms with Crippen LogP contribution in [0, 0.1) is 6.92 Å². The second kappa shape index (κ2) is 5.09. The topological polar surface area (TPSA) is 63.4 Å². The lowest BCUT2D eigenvalue weighted by Gasteiger charge is -2.34. The molecule has 1 aromatic heterocycles. The molecule has 1 aromatic rings. The van der Waals surface area contributed by atoms with Gasteiger partial charge >= 0.3 is 0 Å². The average Bonchev–Trinajstić information content (AvgIpc) is 2.59. The summed E-state index contributed by atoms with van der Waals surface area (Å²) in [5.74, 6) is 0. The van der Waals surface area contributed by atoms with Crippen molar-refractivity contribution in [2.75, 3.05) is 6.54 Å². The van der Waals surface area contributed by atoms with Crippen LogP contribution in [0.2, 0.25) is 4.34 Å². The fourth-order valence-corrected chi connectivity index (χ4v) is 5.71. The summed E-state index contributed by atoms with van der Waals surface area (Å²) in [6.07, 6.45) is 1.42. The molecule has 2 atom stereocenters. The highest BCUT2D eigenvalue weighted by Gasteiger charge is 2.34. The molecule has 1 aliphatic heterocycles. The molecule has 102 valence electrons. The van der Waals surface area contributed by atoms with Crippen LogP contribution in [0.25, 0.3) is 0 Å². The van der Waals surface area contributed by atoms with Gasteiger partial charge in [-0.05, 0) is 38.3 Å². The lowest BCUT2D eigenvalue weighted by molar-refractivity contribution is 0.247. The molecule has 0 saturated carbocycles. The number of nitrogens with zero attached hydrogens (tertiary/aromatic N) is 1. The molecule has 0 amide bonds. The molecule has 1 aliphatic rings. The molecule has 1 fully saturated rings. The first-order chi connectivity index (χ1) is 8.32. The molecule has 0 aromatic carbocycles. The van der Waals surface area contributed by atoms with Crippen LogP contribution in [0.3, 0.4) is 0 Å². The summed E-state index contributed by atoms with van der Waals surface area (Å²) in [6.45, 7) is 4.20. The van der Waals surface area contributed by atoms with E-state index in [1.165, 1.54) is 4.31 Å². The summed E-state index contributed by atoms with van der Waals surface area (Å²) in [6, 6.07) is 1.68. The minimum atomic E-state index is -3.42.